The van der Waals surface area contributed by atoms with Crippen LogP contribution in [0.1, 0.15) is 17.8 Å². The normalized spacial score (nSPS) is 24.2. The Morgan fingerprint density at radius 3 is 2.73 bits per heavy atom. The summed E-state index contributed by atoms with van der Waals surface area (Å²) in [5, 5.41) is 0. The first kappa shape index (κ1) is 13.6. The molecular formula is C16H18FN5. The van der Waals surface area contributed by atoms with Crippen LogP contribution in [0, 0.1) is 12.7 Å². The van der Waals surface area contributed by atoms with E-state index in [1.54, 1.807) is 12.3 Å². The van der Waals surface area contributed by atoms with Crippen molar-refractivity contribution < 1.29 is 4.39 Å². The molecule has 5 nitrogen and oxygen atoms in total. The predicted molar refractivity (Wildman–Crippen MR) is 80.9 cm³/mol. The second kappa shape index (κ2) is 5.28. The molecule has 6 heteroatoms. The average molecular weight is 299 g/mol. The summed E-state index contributed by atoms with van der Waals surface area (Å²) < 4.78 is 13.7. The van der Waals surface area contributed by atoms with E-state index in [0.29, 0.717) is 24.3 Å². The first-order valence-electron chi connectivity index (χ1n) is 7.60. The minimum atomic E-state index is -0.222. The molecule has 2 aromatic heterocycles. The predicted octanol–water partition coefficient (Wildman–Crippen LogP) is 1.78. The molecule has 5 heterocycles. The number of aromatic nitrogens is 3. The Bertz CT molecular complexity index is 680. The van der Waals surface area contributed by atoms with Gasteiger partial charge in [-0.25, -0.2) is 14.4 Å². The molecule has 2 aromatic rings. The Morgan fingerprint density at radius 1 is 1.18 bits per heavy atom. The molecule has 0 radical (unpaired) electrons. The highest BCUT2D eigenvalue weighted by molar-refractivity contribution is 5.41. The third kappa shape index (κ3) is 2.33. The number of anilines is 1. The number of nitrogens with zero attached hydrogens (tertiary/aromatic N) is 5. The van der Waals surface area contributed by atoms with Crippen LogP contribution >= 0.6 is 0 Å². The minimum absolute atomic E-state index is 0.222. The van der Waals surface area contributed by atoms with Gasteiger partial charge >= 0.3 is 0 Å². The number of hydrogen-bond donors (Lipinski definition) is 0. The summed E-state index contributed by atoms with van der Waals surface area (Å²) in [6, 6.07) is 5.86. The van der Waals surface area contributed by atoms with E-state index in [2.05, 4.69) is 24.8 Å². The summed E-state index contributed by atoms with van der Waals surface area (Å²) in [6.07, 6.45) is 4.63. The van der Waals surface area contributed by atoms with Gasteiger partial charge in [-0.05, 0) is 31.5 Å². The Kier molecular flexibility index (Phi) is 3.26. The number of rotatable bonds is 3. The molecule has 5 rings (SSSR count). The lowest BCUT2D eigenvalue weighted by molar-refractivity contribution is 0.104. The van der Waals surface area contributed by atoms with Crippen LogP contribution in [0.2, 0.25) is 0 Å². The summed E-state index contributed by atoms with van der Waals surface area (Å²) in [5.41, 5.74) is 1.52. The molecule has 3 fully saturated rings. The molecular weight excluding hydrogens is 281 g/mol. The lowest BCUT2D eigenvalue weighted by Gasteiger charge is -2.56. The summed E-state index contributed by atoms with van der Waals surface area (Å²) in [5.74, 6) is 0.602. The monoisotopic (exact) mass is 299 g/mol. The van der Waals surface area contributed by atoms with Gasteiger partial charge in [0.1, 0.15) is 5.82 Å². The largest absolute Gasteiger partial charge is 0.332 e. The van der Waals surface area contributed by atoms with Crippen molar-refractivity contribution >= 4 is 5.95 Å². The molecule has 0 saturated carbocycles. The summed E-state index contributed by atoms with van der Waals surface area (Å²) in [6.45, 7) is 4.37. The second-order valence-corrected chi connectivity index (χ2v) is 6.07. The maximum absolute atomic E-state index is 13.7. The molecule has 2 atom stereocenters. The fraction of sp³-hybridized carbons (Fsp3) is 0.438. The Hall–Kier alpha value is -2.08. The topological polar surface area (TPSA) is 45.2 Å². The van der Waals surface area contributed by atoms with Crippen LogP contribution in [-0.2, 0) is 6.54 Å². The molecule has 2 bridgehead atoms. The van der Waals surface area contributed by atoms with Crippen molar-refractivity contribution in [3.05, 3.63) is 47.8 Å². The van der Waals surface area contributed by atoms with Gasteiger partial charge in [-0.1, -0.05) is 0 Å². The number of halogens is 1. The zero-order chi connectivity index (χ0) is 15.1. The van der Waals surface area contributed by atoms with Crippen LogP contribution in [0.5, 0.6) is 0 Å². The van der Waals surface area contributed by atoms with Gasteiger partial charge in [-0.2, -0.15) is 0 Å². The van der Waals surface area contributed by atoms with Crippen LogP contribution in [0.3, 0.4) is 0 Å². The Morgan fingerprint density at radius 2 is 2.00 bits per heavy atom. The number of piperidine rings is 1. The molecule has 0 aliphatic carbocycles. The molecule has 0 spiro atoms. The smallest absolute Gasteiger partial charge is 0.226 e. The number of fused-ring (bicyclic) bond motifs is 2. The van der Waals surface area contributed by atoms with Gasteiger partial charge < -0.3 is 4.90 Å². The van der Waals surface area contributed by atoms with Crippen molar-refractivity contribution in [2.75, 3.05) is 18.0 Å². The van der Waals surface area contributed by atoms with Crippen LogP contribution in [0.4, 0.5) is 10.3 Å². The van der Waals surface area contributed by atoms with Gasteiger partial charge in [0.15, 0.2) is 0 Å². The molecule has 0 amide bonds. The van der Waals surface area contributed by atoms with Crippen molar-refractivity contribution in [2.45, 2.75) is 32.0 Å². The number of piperazine rings is 1. The highest BCUT2D eigenvalue weighted by Crippen LogP contribution is 2.35. The van der Waals surface area contributed by atoms with Crippen molar-refractivity contribution in [3.8, 4) is 0 Å². The lowest BCUT2D eigenvalue weighted by atomic mass is 9.87. The van der Waals surface area contributed by atoms with Gasteiger partial charge in [-0.15, -0.1) is 0 Å². The van der Waals surface area contributed by atoms with Gasteiger partial charge in [0.05, 0.1) is 5.69 Å². The Labute approximate surface area is 128 Å². The summed E-state index contributed by atoms with van der Waals surface area (Å²) in [7, 11) is 0. The first-order chi connectivity index (χ1) is 10.7. The number of hydrogen-bond acceptors (Lipinski definition) is 5. The first-order valence-corrected chi connectivity index (χ1v) is 7.60. The highest BCUT2D eigenvalue weighted by atomic mass is 19.1. The maximum Gasteiger partial charge on any atom is 0.226 e. The minimum Gasteiger partial charge on any atom is -0.332 e. The number of aryl methyl sites for hydroxylation is 1. The molecule has 114 valence electrons. The molecule has 0 N–H and O–H groups in total. The molecule has 3 aliphatic heterocycles. The van der Waals surface area contributed by atoms with Gasteiger partial charge in [-0.3, -0.25) is 9.88 Å². The van der Waals surface area contributed by atoms with Gasteiger partial charge in [0.25, 0.3) is 0 Å². The van der Waals surface area contributed by atoms with E-state index in [1.165, 1.54) is 12.5 Å². The van der Waals surface area contributed by atoms with Crippen molar-refractivity contribution in [1.29, 1.82) is 0 Å². The molecule has 2 unspecified atom stereocenters. The third-order valence-corrected chi connectivity index (χ3v) is 4.49. The van der Waals surface area contributed by atoms with Crippen molar-refractivity contribution in [1.82, 2.24) is 19.9 Å². The van der Waals surface area contributed by atoms with Crippen LogP contribution < -0.4 is 4.90 Å². The zero-order valence-corrected chi connectivity index (χ0v) is 12.5. The standard InChI is InChI=1S/C16H18FN5/c1-11-4-6-19-16(20-11)22-12-7-13(22)9-21(8-12)10-15-14(17)3-2-5-18-15/h2-6,12-13H,7-10H2,1H3. The van der Waals surface area contributed by atoms with Gasteiger partial charge in [0.2, 0.25) is 5.95 Å². The zero-order valence-electron chi connectivity index (χ0n) is 12.5. The number of pyridine rings is 1. The van der Waals surface area contributed by atoms with E-state index in [-0.39, 0.29) is 5.82 Å². The van der Waals surface area contributed by atoms with E-state index in [1.807, 2.05) is 19.2 Å². The van der Waals surface area contributed by atoms with Crippen LogP contribution in [0.25, 0.3) is 0 Å². The van der Waals surface area contributed by atoms with E-state index >= 15 is 0 Å². The van der Waals surface area contributed by atoms with E-state index in [9.17, 15) is 4.39 Å². The SMILES string of the molecule is Cc1ccnc(N2C3CC2CN(Cc2ncccc2F)C3)n1. The van der Waals surface area contributed by atoms with E-state index in [0.717, 1.165) is 24.7 Å². The lowest BCUT2D eigenvalue weighted by Crippen LogP contribution is -2.69. The fourth-order valence-electron chi connectivity index (χ4n) is 3.46. The third-order valence-electron chi connectivity index (χ3n) is 4.49. The van der Waals surface area contributed by atoms with E-state index < -0.39 is 0 Å². The molecule has 22 heavy (non-hydrogen) atoms. The molecule has 0 aromatic carbocycles. The van der Waals surface area contributed by atoms with Crippen LogP contribution in [0.15, 0.2) is 30.6 Å². The summed E-state index contributed by atoms with van der Waals surface area (Å²) in [4.78, 5) is 17.6. The Balaban J connectivity index is 1.45. The van der Waals surface area contributed by atoms with Crippen LogP contribution in [-0.4, -0.2) is 45.0 Å². The summed E-state index contributed by atoms with van der Waals surface area (Å²) >= 11 is 0. The quantitative estimate of drug-likeness (QED) is 0.864. The molecule has 3 aliphatic rings. The van der Waals surface area contributed by atoms with Crippen molar-refractivity contribution in [3.63, 3.8) is 0 Å². The second-order valence-electron chi connectivity index (χ2n) is 6.07. The maximum atomic E-state index is 13.7. The van der Waals surface area contributed by atoms with Gasteiger partial charge in [0, 0.05) is 49.8 Å². The average Bonchev–Trinajstić information content (AvgIpc) is 2.50. The fourth-order valence-corrected chi connectivity index (χ4v) is 3.46. The van der Waals surface area contributed by atoms with E-state index in [4.69, 9.17) is 0 Å². The highest BCUT2D eigenvalue weighted by Gasteiger charge is 2.45. The van der Waals surface area contributed by atoms with Crippen molar-refractivity contribution in [2.24, 2.45) is 0 Å². The molecule has 3 saturated heterocycles.